The molecule has 0 fully saturated rings. The van der Waals surface area contributed by atoms with Crippen molar-refractivity contribution < 1.29 is 51.1 Å². The summed E-state index contributed by atoms with van der Waals surface area (Å²) in [7, 11) is 0. The average Bonchev–Trinajstić information content (AvgIpc) is 3.04. The van der Waals surface area contributed by atoms with E-state index in [1.54, 1.807) is 6.92 Å². The van der Waals surface area contributed by atoms with Gasteiger partial charge in [0.05, 0.1) is 33.8 Å². The zero-order valence-corrected chi connectivity index (χ0v) is 28.7. The molecular weight excluding hydrogens is 904 g/mol. The summed E-state index contributed by atoms with van der Waals surface area (Å²) in [5, 5.41) is 15.5. The minimum atomic E-state index is -1.07. The van der Waals surface area contributed by atoms with Crippen LogP contribution in [0, 0.1) is 0 Å². The Balaban J connectivity index is 0.00000192. The number of aliphatic hydroxyl groups excluding tert-OH is 1. The van der Waals surface area contributed by atoms with Crippen LogP contribution < -0.4 is 0 Å². The normalized spacial score (nSPS) is 14.1. The van der Waals surface area contributed by atoms with E-state index in [2.05, 4.69) is 60.7 Å². The number of nitrogens with zero attached hydrogens (tertiary/aromatic N) is 2. The monoisotopic (exact) mass is 934 g/mol. The van der Waals surface area contributed by atoms with Crippen molar-refractivity contribution in [2.75, 3.05) is 0 Å². The van der Waals surface area contributed by atoms with Crippen LogP contribution in [0.15, 0.2) is 133 Å². The summed E-state index contributed by atoms with van der Waals surface area (Å²) < 4.78 is 0. The zero-order valence-electron chi connectivity index (χ0n) is 24.1. The number of hydrogen-bond acceptors (Lipinski definition) is 4. The maximum Gasteiger partial charge on any atom is 3.00 e. The third kappa shape index (κ3) is 5.39. The molecule has 2 aromatic heterocycles. The first-order valence-electron chi connectivity index (χ1n) is 14.4. The predicted molar refractivity (Wildman–Crippen MR) is 169 cm³/mol. The number of fused-ring (bicyclic) bond motifs is 2. The molecule has 4 aromatic carbocycles. The van der Waals surface area contributed by atoms with Crippen LogP contribution in [0.1, 0.15) is 37.6 Å². The van der Waals surface area contributed by atoms with Gasteiger partial charge in [0.15, 0.2) is 5.78 Å². The molecule has 1 N–H and O–H groups in total. The molecule has 0 unspecified atom stereocenters. The molecule has 2 heterocycles. The molecule has 0 saturated heterocycles. The number of carbonyl (C=O) groups excluding carboxylic acids is 1. The molecule has 0 atom stereocenters. The summed E-state index contributed by atoms with van der Waals surface area (Å²) in [5.74, 6) is -0.0417. The van der Waals surface area contributed by atoms with Crippen molar-refractivity contribution in [2.45, 2.75) is 31.6 Å². The predicted octanol–water partition coefficient (Wildman–Crippen LogP) is 8.98. The molecule has 1 aliphatic rings. The van der Waals surface area contributed by atoms with Gasteiger partial charge in [0.1, 0.15) is 5.76 Å². The van der Waals surface area contributed by atoms with E-state index in [1.165, 1.54) is 0 Å². The van der Waals surface area contributed by atoms with Gasteiger partial charge in [0.2, 0.25) is 0 Å². The molecular formula is C38H30IrN2O2Pt+5. The van der Waals surface area contributed by atoms with Gasteiger partial charge < -0.3 is 5.11 Å². The van der Waals surface area contributed by atoms with Gasteiger partial charge in [0.25, 0.3) is 0 Å². The molecule has 7 rings (SSSR count). The number of ketones is 1. The van der Waals surface area contributed by atoms with Crippen LogP contribution in [0.3, 0.4) is 0 Å². The van der Waals surface area contributed by atoms with E-state index in [9.17, 15) is 9.90 Å². The van der Waals surface area contributed by atoms with Crippen LogP contribution >= 0.6 is 0 Å². The summed E-state index contributed by atoms with van der Waals surface area (Å²) >= 11 is 0. The molecule has 0 saturated carbocycles. The van der Waals surface area contributed by atoms with Gasteiger partial charge in [-0.05, 0) is 42.7 Å². The number of pyridine rings is 2. The number of allylic oxidation sites excluding steroid dienone is 2. The van der Waals surface area contributed by atoms with Crippen molar-refractivity contribution >= 4 is 27.3 Å². The maximum atomic E-state index is 13.7. The van der Waals surface area contributed by atoms with Crippen molar-refractivity contribution in [3.8, 4) is 22.5 Å². The van der Waals surface area contributed by atoms with Crippen molar-refractivity contribution in [2.24, 2.45) is 0 Å². The third-order valence-corrected chi connectivity index (χ3v) is 8.46. The molecule has 4 nitrogen and oxygen atoms in total. The fourth-order valence-corrected chi connectivity index (χ4v) is 6.67. The van der Waals surface area contributed by atoms with Crippen molar-refractivity contribution in [1.29, 1.82) is 0 Å². The Labute approximate surface area is 284 Å². The van der Waals surface area contributed by atoms with E-state index in [4.69, 9.17) is 9.97 Å². The minimum Gasteiger partial charge on any atom is -0.512 e. The first-order chi connectivity index (χ1) is 20.6. The fourth-order valence-electron chi connectivity index (χ4n) is 6.67. The molecule has 0 amide bonds. The summed E-state index contributed by atoms with van der Waals surface area (Å²) in [5.41, 5.74) is 4.44. The van der Waals surface area contributed by atoms with Crippen LogP contribution in [0.5, 0.6) is 0 Å². The van der Waals surface area contributed by atoms with Crippen LogP contribution in [0.2, 0.25) is 0 Å². The van der Waals surface area contributed by atoms with E-state index < -0.39 is 5.41 Å². The van der Waals surface area contributed by atoms with E-state index >= 15 is 0 Å². The van der Waals surface area contributed by atoms with Gasteiger partial charge in [0, 0.05) is 28.3 Å². The Morgan fingerprint density at radius 1 is 0.682 bits per heavy atom. The quantitative estimate of drug-likeness (QED) is 0.188. The first-order valence-corrected chi connectivity index (χ1v) is 14.4. The van der Waals surface area contributed by atoms with Crippen molar-refractivity contribution in [1.82, 2.24) is 9.97 Å². The van der Waals surface area contributed by atoms with E-state index in [0.717, 1.165) is 55.4 Å². The van der Waals surface area contributed by atoms with Gasteiger partial charge in [-0.3, -0.25) is 14.8 Å². The Kier molecular flexibility index (Phi) is 9.41. The maximum absolute atomic E-state index is 13.7. The number of hydrogen-bond donors (Lipinski definition) is 1. The summed E-state index contributed by atoms with van der Waals surface area (Å²) in [6.07, 6.45) is 1.74. The number of benzene rings is 4. The largest absolute Gasteiger partial charge is 3.00 e. The SMILES string of the molecule is CC(=O)C1=C(O)CCCC1(c1nc(-c2ccccc2)cc2ccccc12)c1nc(-c2ccccc2)cc2ccccc12.[Ir+3].[Pt+2]. The van der Waals surface area contributed by atoms with E-state index in [0.29, 0.717) is 24.8 Å². The zero-order chi connectivity index (χ0) is 28.7. The van der Waals surface area contributed by atoms with Gasteiger partial charge in [-0.2, -0.15) is 0 Å². The van der Waals surface area contributed by atoms with Crippen LogP contribution in [0.4, 0.5) is 0 Å². The van der Waals surface area contributed by atoms with Gasteiger partial charge >= 0.3 is 41.2 Å². The molecule has 0 aliphatic heterocycles. The first kappa shape index (κ1) is 31.7. The number of aromatic nitrogens is 2. The van der Waals surface area contributed by atoms with E-state index in [1.807, 2.05) is 60.7 Å². The Hall–Kier alpha value is -3.75. The third-order valence-electron chi connectivity index (χ3n) is 8.46. The number of aliphatic hydroxyl groups is 1. The molecule has 6 heteroatoms. The second-order valence-corrected chi connectivity index (χ2v) is 11.0. The molecule has 0 bridgehead atoms. The number of Topliss-reactive ketones (excluding diaryl/α,β-unsaturated/α-hetero) is 1. The Morgan fingerprint density at radius 3 is 1.57 bits per heavy atom. The summed E-state index contributed by atoms with van der Waals surface area (Å²) in [4.78, 5) is 24.4. The van der Waals surface area contributed by atoms with Gasteiger partial charge in [-0.1, -0.05) is 109 Å². The number of carbonyl (C=O) groups is 1. The Bertz CT molecular complexity index is 1890. The van der Waals surface area contributed by atoms with Crippen LogP contribution in [-0.4, -0.2) is 20.9 Å². The smallest absolute Gasteiger partial charge is 0.512 e. The van der Waals surface area contributed by atoms with E-state index in [-0.39, 0.29) is 52.7 Å². The molecule has 1 aliphatic carbocycles. The van der Waals surface area contributed by atoms with Gasteiger partial charge in [-0.15, -0.1) is 0 Å². The van der Waals surface area contributed by atoms with Gasteiger partial charge in [-0.25, -0.2) is 0 Å². The molecule has 0 spiro atoms. The molecule has 218 valence electrons. The number of rotatable bonds is 5. The topological polar surface area (TPSA) is 63.1 Å². The average molecular weight is 934 g/mol. The standard InChI is InChI=1S/C38H30N2O2.Ir.Pt/c1-25(41)35-34(42)21-12-22-38(35,36-30-19-10-8-17-28(30)23-32(39-36)26-13-4-2-5-14-26)37-31-20-11-9-18-29(31)24-33(40-37)27-15-6-3-7-16-27;;/h2-11,13-20,23-24,42H,12,21-22H2,1H3;;/q;+3;+2. The minimum absolute atomic E-state index is 0. The summed E-state index contributed by atoms with van der Waals surface area (Å²) in [6.45, 7) is 1.55. The van der Waals surface area contributed by atoms with Crippen LogP contribution in [0.25, 0.3) is 44.1 Å². The molecule has 6 aromatic rings. The van der Waals surface area contributed by atoms with Crippen LogP contribution in [-0.2, 0) is 51.4 Å². The summed E-state index contributed by atoms with van der Waals surface area (Å²) in [6, 6.07) is 40.8. The fraction of sp³-hybridized carbons (Fsp3) is 0.132. The molecule has 44 heavy (non-hydrogen) atoms. The second-order valence-electron chi connectivity index (χ2n) is 11.0. The second kappa shape index (κ2) is 13.1. The van der Waals surface area contributed by atoms with Crippen molar-refractivity contribution in [3.05, 3.63) is 144 Å². The molecule has 0 radical (unpaired) electrons. The Morgan fingerprint density at radius 2 is 1.11 bits per heavy atom. The van der Waals surface area contributed by atoms with Crippen molar-refractivity contribution in [3.63, 3.8) is 0 Å².